The molecule has 1 aromatic carbocycles. The molecule has 18 heavy (non-hydrogen) atoms. The first kappa shape index (κ1) is 15.2. The molecule has 0 saturated heterocycles. The second-order valence-corrected chi connectivity index (χ2v) is 5.04. The lowest BCUT2D eigenvalue weighted by Crippen LogP contribution is -2.01. The van der Waals surface area contributed by atoms with E-state index in [0.717, 1.165) is 6.42 Å². The lowest BCUT2D eigenvalue weighted by molar-refractivity contribution is 0.306. The van der Waals surface area contributed by atoms with E-state index in [1.54, 1.807) is 6.07 Å². The quantitative estimate of drug-likeness (QED) is 0.503. The largest absolute Gasteiger partial charge is 0.490 e. The highest BCUT2D eigenvalue weighted by Gasteiger charge is 2.04. The van der Waals surface area contributed by atoms with Crippen LogP contribution in [0.15, 0.2) is 18.2 Å². The second kappa shape index (κ2) is 9.09. The van der Waals surface area contributed by atoms with Crippen LogP contribution in [0.5, 0.6) is 5.75 Å². The van der Waals surface area contributed by atoms with Gasteiger partial charge in [0, 0.05) is 0 Å². The van der Waals surface area contributed by atoms with Crippen molar-refractivity contribution < 1.29 is 4.74 Å². The van der Waals surface area contributed by atoms with Gasteiger partial charge in [-0.1, -0.05) is 63.1 Å². The molecule has 0 saturated carbocycles. The van der Waals surface area contributed by atoms with Crippen molar-refractivity contribution in [1.82, 2.24) is 0 Å². The van der Waals surface area contributed by atoms with Crippen LogP contribution < -0.4 is 10.5 Å². The molecule has 2 nitrogen and oxygen atoms in total. The van der Waals surface area contributed by atoms with E-state index in [1.807, 2.05) is 12.1 Å². The molecule has 102 valence electrons. The van der Waals surface area contributed by atoms with Gasteiger partial charge in [-0.3, -0.25) is 0 Å². The first-order valence-corrected chi connectivity index (χ1v) is 7.30. The number of benzene rings is 1. The minimum absolute atomic E-state index is 0.595. The van der Waals surface area contributed by atoms with Crippen molar-refractivity contribution in [2.45, 2.75) is 51.9 Å². The fourth-order valence-electron chi connectivity index (χ4n) is 1.91. The monoisotopic (exact) mass is 269 g/mol. The van der Waals surface area contributed by atoms with Crippen molar-refractivity contribution in [3.05, 3.63) is 23.2 Å². The molecule has 0 heterocycles. The number of hydrogen-bond acceptors (Lipinski definition) is 2. The fraction of sp³-hybridized carbons (Fsp3) is 0.600. The lowest BCUT2D eigenvalue weighted by atomic mass is 10.1. The van der Waals surface area contributed by atoms with Gasteiger partial charge in [-0.25, -0.2) is 0 Å². The molecule has 0 bridgehead atoms. The maximum atomic E-state index is 6.02. The smallest absolute Gasteiger partial charge is 0.160 e. The van der Waals surface area contributed by atoms with Crippen LogP contribution in [0.2, 0.25) is 5.02 Å². The Morgan fingerprint density at radius 2 is 1.72 bits per heavy atom. The van der Waals surface area contributed by atoms with Gasteiger partial charge in [0.05, 0.1) is 17.3 Å². The first-order valence-electron chi connectivity index (χ1n) is 6.92. The van der Waals surface area contributed by atoms with E-state index in [2.05, 4.69) is 6.92 Å². The van der Waals surface area contributed by atoms with Crippen LogP contribution in [0.1, 0.15) is 51.9 Å². The Hall–Kier alpha value is -0.890. The summed E-state index contributed by atoms with van der Waals surface area (Å²) < 4.78 is 5.64. The zero-order chi connectivity index (χ0) is 13.2. The fourth-order valence-corrected chi connectivity index (χ4v) is 2.15. The van der Waals surface area contributed by atoms with Gasteiger partial charge in [-0.2, -0.15) is 0 Å². The summed E-state index contributed by atoms with van der Waals surface area (Å²) in [5, 5.41) is 0.595. The van der Waals surface area contributed by atoms with Crippen LogP contribution in [-0.4, -0.2) is 6.61 Å². The highest BCUT2D eigenvalue weighted by molar-refractivity contribution is 6.32. The van der Waals surface area contributed by atoms with E-state index >= 15 is 0 Å². The highest BCUT2D eigenvalue weighted by atomic mass is 35.5. The minimum Gasteiger partial charge on any atom is -0.490 e. The zero-order valence-corrected chi connectivity index (χ0v) is 12.0. The Bertz CT molecular complexity index is 321. The molecule has 3 heteroatoms. The summed E-state index contributed by atoms with van der Waals surface area (Å²) in [5.74, 6) is 0.630. The van der Waals surface area contributed by atoms with E-state index in [9.17, 15) is 0 Å². The number of para-hydroxylation sites is 1. The topological polar surface area (TPSA) is 35.2 Å². The average Bonchev–Trinajstić information content (AvgIpc) is 2.35. The van der Waals surface area contributed by atoms with Gasteiger partial charge in [0.25, 0.3) is 0 Å². The van der Waals surface area contributed by atoms with Gasteiger partial charge >= 0.3 is 0 Å². The average molecular weight is 270 g/mol. The molecule has 0 atom stereocenters. The molecule has 0 aliphatic heterocycles. The van der Waals surface area contributed by atoms with Crippen molar-refractivity contribution in [2.75, 3.05) is 12.3 Å². The molecule has 0 aliphatic rings. The first-order chi connectivity index (χ1) is 8.75. The van der Waals surface area contributed by atoms with Crippen LogP contribution in [0.3, 0.4) is 0 Å². The number of unbranched alkanes of at least 4 members (excludes halogenated alkanes) is 6. The molecule has 0 aromatic heterocycles. The second-order valence-electron chi connectivity index (χ2n) is 4.63. The Kier molecular flexibility index (Phi) is 7.66. The lowest BCUT2D eigenvalue weighted by Gasteiger charge is -2.10. The van der Waals surface area contributed by atoms with Crippen LogP contribution in [0, 0.1) is 0 Å². The van der Waals surface area contributed by atoms with Crippen molar-refractivity contribution >= 4 is 17.3 Å². The number of nitrogen functional groups attached to an aromatic ring is 1. The molecule has 2 N–H and O–H groups in total. The predicted molar refractivity (Wildman–Crippen MR) is 79.4 cm³/mol. The van der Waals surface area contributed by atoms with Crippen LogP contribution in [0.4, 0.5) is 5.69 Å². The number of ether oxygens (including phenoxy) is 1. The molecule has 0 unspecified atom stereocenters. The Morgan fingerprint density at radius 1 is 1.06 bits per heavy atom. The molecule has 0 aliphatic carbocycles. The van der Waals surface area contributed by atoms with Crippen molar-refractivity contribution in [2.24, 2.45) is 0 Å². The maximum absolute atomic E-state index is 6.02. The predicted octanol–water partition coefficient (Wildman–Crippen LogP) is 5.05. The minimum atomic E-state index is 0.595. The molecular formula is C15H24ClNO. The summed E-state index contributed by atoms with van der Waals surface area (Å²) in [7, 11) is 0. The van der Waals surface area contributed by atoms with Crippen molar-refractivity contribution in [3.63, 3.8) is 0 Å². The molecule has 0 spiro atoms. The molecule has 1 aromatic rings. The molecular weight excluding hydrogens is 246 g/mol. The third kappa shape index (κ3) is 5.63. The summed E-state index contributed by atoms with van der Waals surface area (Å²) in [6.07, 6.45) is 8.92. The summed E-state index contributed by atoms with van der Waals surface area (Å²) in [6, 6.07) is 5.45. The van der Waals surface area contributed by atoms with Gasteiger partial charge in [-0.15, -0.1) is 0 Å². The van der Waals surface area contributed by atoms with E-state index in [-0.39, 0.29) is 0 Å². The summed E-state index contributed by atoms with van der Waals surface area (Å²) in [4.78, 5) is 0. The summed E-state index contributed by atoms with van der Waals surface area (Å²) >= 11 is 6.02. The molecule has 1 rings (SSSR count). The van der Waals surface area contributed by atoms with Gasteiger partial charge in [-0.05, 0) is 18.6 Å². The molecule has 0 fully saturated rings. The van der Waals surface area contributed by atoms with Gasteiger partial charge in [0.2, 0.25) is 0 Å². The Labute approximate surface area is 115 Å². The normalized spacial score (nSPS) is 10.6. The van der Waals surface area contributed by atoms with Crippen LogP contribution >= 0.6 is 11.6 Å². The standard InChI is InChI=1S/C15H24ClNO/c1-2-3-4-5-6-7-8-12-18-15-13(16)10-9-11-14(15)17/h9-11H,2-8,12,17H2,1H3. The zero-order valence-electron chi connectivity index (χ0n) is 11.3. The Balaban J connectivity index is 2.11. The SMILES string of the molecule is CCCCCCCCCOc1c(N)cccc1Cl. The van der Waals surface area contributed by atoms with E-state index in [1.165, 1.54) is 38.5 Å². The number of hydrogen-bond donors (Lipinski definition) is 1. The van der Waals surface area contributed by atoms with Crippen molar-refractivity contribution in [1.29, 1.82) is 0 Å². The summed E-state index contributed by atoms with van der Waals surface area (Å²) in [6.45, 7) is 2.93. The Morgan fingerprint density at radius 3 is 2.39 bits per heavy atom. The maximum Gasteiger partial charge on any atom is 0.160 e. The van der Waals surface area contributed by atoms with E-state index in [4.69, 9.17) is 22.1 Å². The van der Waals surface area contributed by atoms with Gasteiger partial charge in [0.15, 0.2) is 5.75 Å². The number of rotatable bonds is 9. The third-order valence-electron chi connectivity index (χ3n) is 2.99. The van der Waals surface area contributed by atoms with Gasteiger partial charge in [0.1, 0.15) is 0 Å². The van der Waals surface area contributed by atoms with Gasteiger partial charge < -0.3 is 10.5 Å². The van der Waals surface area contributed by atoms with E-state index < -0.39 is 0 Å². The number of halogens is 1. The molecule has 0 radical (unpaired) electrons. The third-order valence-corrected chi connectivity index (χ3v) is 3.29. The number of anilines is 1. The summed E-state index contributed by atoms with van der Waals surface area (Å²) in [5.41, 5.74) is 6.42. The number of nitrogens with two attached hydrogens (primary N) is 1. The van der Waals surface area contributed by atoms with Crippen LogP contribution in [0.25, 0.3) is 0 Å². The van der Waals surface area contributed by atoms with E-state index in [0.29, 0.717) is 23.1 Å². The van der Waals surface area contributed by atoms with Crippen molar-refractivity contribution in [3.8, 4) is 5.75 Å². The van der Waals surface area contributed by atoms with Crippen LogP contribution in [-0.2, 0) is 0 Å². The highest BCUT2D eigenvalue weighted by Crippen LogP contribution is 2.30. The molecule has 0 amide bonds.